The molecule has 1 N–H and O–H groups in total. The van der Waals surface area contributed by atoms with Crippen LogP contribution in [0.1, 0.15) is 53.0 Å². The molecule has 0 atom stereocenters. The molecular formula is C35H42IrNO2Si-. The van der Waals surface area contributed by atoms with Crippen LogP contribution in [0.25, 0.3) is 33.3 Å². The number of benzene rings is 3. The van der Waals surface area contributed by atoms with Crippen molar-refractivity contribution in [1.82, 2.24) is 4.98 Å². The summed E-state index contributed by atoms with van der Waals surface area (Å²) < 4.78 is 0. The van der Waals surface area contributed by atoms with Crippen molar-refractivity contribution in [2.24, 2.45) is 0 Å². The molecule has 0 saturated heterocycles. The number of nitrogens with zero attached hydrogens (tertiary/aromatic N) is 1. The normalized spacial score (nSPS) is 11.8. The number of hydrogen-bond donors (Lipinski definition) is 1. The maximum atomic E-state index is 10.5. The Morgan fingerprint density at radius 1 is 0.950 bits per heavy atom. The van der Waals surface area contributed by atoms with Crippen LogP contribution < -0.4 is 5.19 Å². The minimum atomic E-state index is -1.41. The van der Waals surface area contributed by atoms with Crippen LogP contribution in [0.3, 0.4) is 0 Å². The summed E-state index contributed by atoms with van der Waals surface area (Å²) in [5.41, 5.74) is 6.93. The van der Waals surface area contributed by atoms with E-state index >= 15 is 0 Å². The number of hydrogen-bond acceptors (Lipinski definition) is 3. The Labute approximate surface area is 255 Å². The van der Waals surface area contributed by atoms with Gasteiger partial charge in [-0.05, 0) is 28.3 Å². The molecular weight excluding hydrogens is 687 g/mol. The van der Waals surface area contributed by atoms with E-state index in [1.54, 1.807) is 13.8 Å². The SMILES string of the molecule is CC(C)(C)c1c[c-]c(-c2cc(-c3ccccc3)c3cc([Si](C)(C)C)ccc3n2)cc1.CCC(=O)/C=C(\O)CC.[Ir]. The first-order valence-electron chi connectivity index (χ1n) is 13.8. The number of aromatic nitrogens is 1. The van der Waals surface area contributed by atoms with Crippen molar-refractivity contribution in [1.29, 1.82) is 0 Å². The molecule has 213 valence electrons. The number of aliphatic hydroxyl groups excluding tert-OH is 1. The van der Waals surface area contributed by atoms with Crippen LogP contribution in [0.15, 0.2) is 84.6 Å². The van der Waals surface area contributed by atoms with Crippen LogP contribution in [-0.4, -0.2) is 23.9 Å². The quantitative estimate of drug-likeness (QED) is 0.0934. The number of pyridine rings is 1. The molecule has 40 heavy (non-hydrogen) atoms. The summed E-state index contributed by atoms with van der Waals surface area (Å²) in [7, 11) is -1.41. The van der Waals surface area contributed by atoms with Gasteiger partial charge in [0.1, 0.15) is 0 Å². The van der Waals surface area contributed by atoms with Crippen molar-refractivity contribution in [3.8, 4) is 22.4 Å². The molecule has 4 rings (SSSR count). The van der Waals surface area contributed by atoms with E-state index in [-0.39, 0.29) is 37.1 Å². The second-order valence-corrected chi connectivity index (χ2v) is 17.0. The first-order chi connectivity index (χ1) is 18.3. The van der Waals surface area contributed by atoms with Gasteiger partial charge in [-0.1, -0.05) is 108 Å². The smallest absolute Gasteiger partial charge is 0.158 e. The van der Waals surface area contributed by atoms with Gasteiger partial charge in [-0.3, -0.25) is 9.78 Å². The topological polar surface area (TPSA) is 50.2 Å². The van der Waals surface area contributed by atoms with Crippen LogP contribution in [0, 0.1) is 6.07 Å². The molecule has 0 bridgehead atoms. The fourth-order valence-electron chi connectivity index (χ4n) is 4.13. The number of rotatable bonds is 6. The van der Waals surface area contributed by atoms with Gasteiger partial charge in [0.2, 0.25) is 0 Å². The molecule has 0 spiro atoms. The zero-order valence-electron chi connectivity index (χ0n) is 25.1. The Kier molecular flexibility index (Phi) is 11.8. The maximum Gasteiger partial charge on any atom is 0.158 e. The van der Waals surface area contributed by atoms with Gasteiger partial charge < -0.3 is 5.11 Å². The molecule has 0 unspecified atom stereocenters. The summed E-state index contributed by atoms with van der Waals surface area (Å²) in [5, 5.41) is 11.5. The standard InChI is InChI=1S/C28H30NSi.C7H12O2.Ir/c1-28(2,3)22-14-12-21(13-15-22)27-19-24(20-10-8-7-9-11-20)25-18-23(30(4,5)6)16-17-26(25)29-27;1-3-6(8)5-7(9)4-2;/h7-12,14-19H,1-6H3;5,8H,3-4H2,1-2H3;/q-1;;/b;6-5-;. The fraction of sp³-hybridized carbons (Fsp3) is 0.314. The van der Waals surface area contributed by atoms with Gasteiger partial charge in [0.25, 0.3) is 0 Å². The molecule has 0 fully saturated rings. The summed E-state index contributed by atoms with van der Waals surface area (Å²) >= 11 is 0. The molecule has 1 heterocycles. The molecule has 1 aromatic heterocycles. The third kappa shape index (κ3) is 8.82. The second-order valence-electron chi connectivity index (χ2n) is 12.0. The average Bonchev–Trinajstić information content (AvgIpc) is 2.92. The number of allylic oxidation sites excluding steroid dienone is 2. The molecule has 0 aliphatic rings. The predicted molar refractivity (Wildman–Crippen MR) is 169 cm³/mol. The van der Waals surface area contributed by atoms with E-state index in [0.717, 1.165) is 16.8 Å². The van der Waals surface area contributed by atoms with Crippen molar-refractivity contribution in [2.75, 3.05) is 0 Å². The Bertz CT molecular complexity index is 1450. The van der Waals surface area contributed by atoms with Gasteiger partial charge in [0.05, 0.1) is 19.3 Å². The van der Waals surface area contributed by atoms with Crippen molar-refractivity contribution >= 4 is 29.9 Å². The summed E-state index contributed by atoms with van der Waals surface area (Å²) in [5.74, 6) is 0.149. The van der Waals surface area contributed by atoms with Gasteiger partial charge in [0, 0.05) is 44.4 Å². The predicted octanol–water partition coefficient (Wildman–Crippen LogP) is 9.03. The van der Waals surface area contributed by atoms with Crippen LogP contribution in [0.4, 0.5) is 0 Å². The Hall–Kier alpha value is -2.85. The molecule has 0 aliphatic carbocycles. The summed E-state index contributed by atoms with van der Waals surface area (Å²) in [6, 6.07) is 29.7. The zero-order chi connectivity index (χ0) is 28.8. The van der Waals surface area contributed by atoms with Gasteiger partial charge >= 0.3 is 0 Å². The molecule has 5 heteroatoms. The summed E-state index contributed by atoms with van der Waals surface area (Å²) in [6.45, 7) is 17.4. The van der Waals surface area contributed by atoms with Gasteiger partial charge in [-0.2, -0.15) is 0 Å². The van der Waals surface area contributed by atoms with Crippen molar-refractivity contribution in [3.63, 3.8) is 0 Å². The largest absolute Gasteiger partial charge is 0.512 e. The van der Waals surface area contributed by atoms with Gasteiger partial charge in [0.15, 0.2) is 5.78 Å². The van der Waals surface area contributed by atoms with E-state index in [9.17, 15) is 4.79 Å². The molecule has 0 aliphatic heterocycles. The van der Waals surface area contributed by atoms with E-state index in [4.69, 9.17) is 10.1 Å². The number of carbonyl (C=O) groups is 1. The number of carbonyl (C=O) groups excluding carboxylic acids is 1. The minimum Gasteiger partial charge on any atom is -0.512 e. The molecule has 4 aromatic rings. The van der Waals surface area contributed by atoms with Crippen LogP contribution >= 0.6 is 0 Å². The Morgan fingerprint density at radius 3 is 2.15 bits per heavy atom. The number of aliphatic hydroxyl groups is 1. The van der Waals surface area contributed by atoms with Crippen LogP contribution in [0.2, 0.25) is 19.6 Å². The van der Waals surface area contributed by atoms with E-state index in [0.29, 0.717) is 12.8 Å². The summed E-state index contributed by atoms with van der Waals surface area (Å²) in [6.07, 6.45) is 2.27. The molecule has 3 aromatic carbocycles. The van der Waals surface area contributed by atoms with Crippen molar-refractivity contribution in [2.45, 2.75) is 72.5 Å². The van der Waals surface area contributed by atoms with E-state index in [1.165, 1.54) is 33.3 Å². The van der Waals surface area contributed by atoms with E-state index in [1.807, 2.05) is 0 Å². The molecule has 0 amide bonds. The fourth-order valence-corrected chi connectivity index (χ4v) is 5.29. The maximum absolute atomic E-state index is 10.5. The third-order valence-electron chi connectivity index (χ3n) is 6.75. The van der Waals surface area contributed by atoms with Gasteiger partial charge in [-0.15, -0.1) is 35.4 Å². The molecule has 1 radical (unpaired) electrons. The van der Waals surface area contributed by atoms with E-state index < -0.39 is 8.07 Å². The van der Waals surface area contributed by atoms with Crippen LogP contribution in [-0.2, 0) is 30.3 Å². The number of fused-ring (bicyclic) bond motifs is 1. The molecule has 3 nitrogen and oxygen atoms in total. The van der Waals surface area contributed by atoms with Crippen molar-refractivity contribution in [3.05, 3.63) is 96.3 Å². The van der Waals surface area contributed by atoms with E-state index in [2.05, 4.69) is 119 Å². The number of ketones is 1. The second kappa shape index (κ2) is 14.2. The average molecular weight is 729 g/mol. The van der Waals surface area contributed by atoms with Crippen molar-refractivity contribution < 1.29 is 30.0 Å². The molecule has 0 saturated carbocycles. The zero-order valence-corrected chi connectivity index (χ0v) is 28.5. The minimum absolute atomic E-state index is 0. The summed E-state index contributed by atoms with van der Waals surface area (Å²) in [4.78, 5) is 15.6. The third-order valence-corrected chi connectivity index (χ3v) is 8.80. The first kappa shape index (κ1) is 33.4. The Balaban J connectivity index is 0.000000486. The Morgan fingerprint density at radius 2 is 1.62 bits per heavy atom. The monoisotopic (exact) mass is 729 g/mol. The van der Waals surface area contributed by atoms with Crippen LogP contribution in [0.5, 0.6) is 0 Å². The first-order valence-corrected chi connectivity index (χ1v) is 17.3. The van der Waals surface area contributed by atoms with Gasteiger partial charge in [-0.25, -0.2) is 0 Å².